The van der Waals surface area contributed by atoms with E-state index in [9.17, 15) is 27.2 Å². The van der Waals surface area contributed by atoms with Crippen LogP contribution >= 0.6 is 0 Å². The van der Waals surface area contributed by atoms with Gasteiger partial charge in [-0.2, -0.15) is 13.2 Å². The Morgan fingerprint density at radius 1 is 0.921 bits per heavy atom. The second kappa shape index (κ2) is 10.2. The van der Waals surface area contributed by atoms with Crippen LogP contribution in [-0.4, -0.2) is 12.5 Å². The smallest absolute Gasteiger partial charge is 0.453 e. The van der Waals surface area contributed by atoms with Gasteiger partial charge in [-0.15, -0.1) is 0 Å². The molecular formula is C28H23F4NO5. The molecular weight excluding hydrogens is 506 g/mol. The molecule has 3 aromatic carbocycles. The van der Waals surface area contributed by atoms with Crippen LogP contribution in [0.1, 0.15) is 32.1 Å². The van der Waals surface area contributed by atoms with Gasteiger partial charge in [0.15, 0.2) is 6.61 Å². The number of alkyl halides is 3. The first-order valence-corrected chi connectivity index (χ1v) is 11.5. The van der Waals surface area contributed by atoms with E-state index in [1.54, 1.807) is 12.1 Å². The predicted octanol–water partition coefficient (Wildman–Crippen LogP) is 7.06. The van der Waals surface area contributed by atoms with Crippen LogP contribution in [0.3, 0.4) is 0 Å². The van der Waals surface area contributed by atoms with Gasteiger partial charge in [0.2, 0.25) is 11.2 Å². The number of amides is 1. The Kier molecular flexibility index (Phi) is 7.17. The first-order valence-electron chi connectivity index (χ1n) is 11.5. The summed E-state index contributed by atoms with van der Waals surface area (Å²) in [4.78, 5) is 25.1. The summed E-state index contributed by atoms with van der Waals surface area (Å²) in [6.45, 7) is 5.46. The van der Waals surface area contributed by atoms with Crippen molar-refractivity contribution in [2.24, 2.45) is 0 Å². The van der Waals surface area contributed by atoms with Crippen LogP contribution in [0.25, 0.3) is 11.0 Å². The minimum Gasteiger partial charge on any atom is -0.484 e. The molecule has 1 N–H and O–H groups in total. The monoisotopic (exact) mass is 529 g/mol. The quantitative estimate of drug-likeness (QED) is 0.271. The largest absolute Gasteiger partial charge is 0.484 e. The van der Waals surface area contributed by atoms with Crippen molar-refractivity contribution >= 4 is 22.6 Å². The Bertz CT molecular complexity index is 1520. The van der Waals surface area contributed by atoms with Crippen molar-refractivity contribution < 1.29 is 36.2 Å². The van der Waals surface area contributed by atoms with Crippen molar-refractivity contribution in [3.63, 3.8) is 0 Å². The van der Waals surface area contributed by atoms with E-state index in [0.29, 0.717) is 5.69 Å². The molecule has 4 aromatic rings. The molecule has 0 saturated heterocycles. The number of fused-ring (bicyclic) bond motifs is 1. The topological polar surface area (TPSA) is 77.8 Å². The average Bonchev–Trinajstić information content (AvgIpc) is 2.85. The Labute approximate surface area is 214 Å². The summed E-state index contributed by atoms with van der Waals surface area (Å²) in [5, 5.41) is 2.32. The summed E-state index contributed by atoms with van der Waals surface area (Å²) in [5.74, 6) is -3.60. The van der Waals surface area contributed by atoms with Gasteiger partial charge in [0, 0.05) is 11.8 Å². The van der Waals surface area contributed by atoms with Gasteiger partial charge < -0.3 is 19.2 Å². The first-order chi connectivity index (χ1) is 17.8. The zero-order valence-corrected chi connectivity index (χ0v) is 20.6. The molecule has 38 heavy (non-hydrogen) atoms. The number of anilines is 1. The lowest BCUT2D eigenvalue weighted by atomic mass is 9.87. The predicted molar refractivity (Wildman–Crippen MR) is 133 cm³/mol. The lowest BCUT2D eigenvalue weighted by Gasteiger charge is -2.19. The van der Waals surface area contributed by atoms with Crippen LogP contribution in [0, 0.1) is 5.82 Å². The molecule has 0 saturated carbocycles. The second-order valence-corrected chi connectivity index (χ2v) is 9.47. The number of rotatable bonds is 6. The minimum atomic E-state index is -5.03. The molecule has 0 fully saturated rings. The normalized spacial score (nSPS) is 11.9. The maximum atomic E-state index is 13.8. The Morgan fingerprint density at radius 2 is 1.55 bits per heavy atom. The van der Waals surface area contributed by atoms with Gasteiger partial charge >= 0.3 is 6.18 Å². The fourth-order valence-corrected chi connectivity index (χ4v) is 3.55. The number of benzene rings is 3. The van der Waals surface area contributed by atoms with E-state index < -0.39 is 47.0 Å². The molecule has 0 spiro atoms. The molecule has 0 radical (unpaired) electrons. The van der Waals surface area contributed by atoms with Gasteiger partial charge in [-0.05, 0) is 59.5 Å². The van der Waals surface area contributed by atoms with E-state index in [-0.39, 0.29) is 22.3 Å². The van der Waals surface area contributed by atoms with E-state index in [1.165, 1.54) is 48.5 Å². The summed E-state index contributed by atoms with van der Waals surface area (Å²) in [7, 11) is 0. The van der Waals surface area contributed by atoms with Crippen LogP contribution in [0.4, 0.5) is 23.2 Å². The van der Waals surface area contributed by atoms with Gasteiger partial charge in [0.25, 0.3) is 11.7 Å². The number of nitrogens with one attached hydrogen (secondary N) is 1. The fourth-order valence-electron chi connectivity index (χ4n) is 3.55. The van der Waals surface area contributed by atoms with Crippen LogP contribution in [0.5, 0.6) is 17.2 Å². The van der Waals surface area contributed by atoms with Gasteiger partial charge in [-0.3, -0.25) is 9.59 Å². The van der Waals surface area contributed by atoms with Crippen molar-refractivity contribution in [3.05, 3.63) is 94.1 Å². The van der Waals surface area contributed by atoms with E-state index >= 15 is 0 Å². The highest BCUT2D eigenvalue weighted by Crippen LogP contribution is 2.39. The van der Waals surface area contributed by atoms with Crippen LogP contribution < -0.4 is 20.2 Å². The molecule has 0 aliphatic rings. The fraction of sp³-hybridized carbons (Fsp3) is 0.214. The molecule has 0 aliphatic carbocycles. The lowest BCUT2D eigenvalue weighted by Crippen LogP contribution is -2.20. The van der Waals surface area contributed by atoms with Crippen molar-refractivity contribution in [3.8, 4) is 17.2 Å². The molecule has 4 rings (SSSR count). The van der Waals surface area contributed by atoms with Crippen molar-refractivity contribution in [1.82, 2.24) is 0 Å². The van der Waals surface area contributed by atoms with Gasteiger partial charge in [-0.1, -0.05) is 32.9 Å². The summed E-state index contributed by atoms with van der Waals surface area (Å²) in [6, 6.07) is 15.1. The summed E-state index contributed by atoms with van der Waals surface area (Å²) >= 11 is 0. The Balaban J connectivity index is 1.59. The molecule has 6 nitrogen and oxygen atoms in total. The maximum Gasteiger partial charge on any atom is 0.453 e. The zero-order valence-electron chi connectivity index (χ0n) is 20.6. The first kappa shape index (κ1) is 26.7. The number of carbonyl (C=O) groups excluding carboxylic acids is 1. The van der Waals surface area contributed by atoms with E-state index in [2.05, 4.69) is 5.32 Å². The summed E-state index contributed by atoms with van der Waals surface area (Å²) in [5.41, 5.74) is -0.322. The van der Waals surface area contributed by atoms with E-state index in [4.69, 9.17) is 13.9 Å². The third-order valence-corrected chi connectivity index (χ3v) is 5.52. The molecule has 10 heteroatoms. The highest BCUT2D eigenvalue weighted by molar-refractivity contribution is 5.92. The van der Waals surface area contributed by atoms with Crippen molar-refractivity contribution in [2.45, 2.75) is 32.4 Å². The molecule has 198 valence electrons. The van der Waals surface area contributed by atoms with Gasteiger partial charge in [-0.25, -0.2) is 4.39 Å². The zero-order chi connectivity index (χ0) is 27.7. The minimum absolute atomic E-state index is 0.00512. The molecule has 0 atom stereocenters. The third-order valence-electron chi connectivity index (χ3n) is 5.52. The number of halogens is 4. The number of hydrogen-bond donors (Lipinski definition) is 1. The standard InChI is InChI=1S/C28H23F4NO5/c1-27(2,3)16-4-10-19(11-5-16)37-25-24(35)21-13-12-20(14-22(21)38-26(25)28(30,31)32)36-15-23(34)33-18-8-6-17(29)7-9-18/h4-14H,15H2,1-3H3,(H,33,34). The molecule has 1 heterocycles. The maximum absolute atomic E-state index is 13.8. The molecule has 0 unspecified atom stereocenters. The lowest BCUT2D eigenvalue weighted by molar-refractivity contribution is -0.154. The van der Waals surface area contributed by atoms with E-state index in [0.717, 1.165) is 11.6 Å². The Morgan fingerprint density at radius 3 is 2.16 bits per heavy atom. The van der Waals surface area contributed by atoms with Crippen LogP contribution in [-0.2, 0) is 16.4 Å². The number of ether oxygens (including phenoxy) is 2. The molecule has 0 aliphatic heterocycles. The molecule has 1 aromatic heterocycles. The van der Waals surface area contributed by atoms with Gasteiger partial charge in [0.1, 0.15) is 22.9 Å². The van der Waals surface area contributed by atoms with E-state index in [1.807, 2.05) is 20.8 Å². The summed E-state index contributed by atoms with van der Waals surface area (Å²) < 4.78 is 70.3. The highest BCUT2D eigenvalue weighted by Gasteiger charge is 2.40. The molecule has 1 amide bonds. The average molecular weight is 529 g/mol. The van der Waals surface area contributed by atoms with Gasteiger partial charge in [0.05, 0.1) is 5.39 Å². The summed E-state index contributed by atoms with van der Waals surface area (Å²) in [6.07, 6.45) is -5.03. The Hall–Kier alpha value is -4.34. The molecule has 0 bridgehead atoms. The van der Waals surface area contributed by atoms with Crippen LogP contribution in [0.2, 0.25) is 0 Å². The second-order valence-electron chi connectivity index (χ2n) is 9.47. The van der Waals surface area contributed by atoms with Crippen molar-refractivity contribution in [1.29, 1.82) is 0 Å². The highest BCUT2D eigenvalue weighted by atomic mass is 19.4. The number of carbonyl (C=O) groups is 1. The van der Waals surface area contributed by atoms with Crippen molar-refractivity contribution in [2.75, 3.05) is 11.9 Å². The SMILES string of the molecule is CC(C)(C)c1ccc(Oc2c(C(F)(F)F)oc3cc(OCC(=O)Nc4ccc(F)cc4)ccc3c2=O)cc1. The third kappa shape index (κ3) is 6.13. The number of hydrogen-bond acceptors (Lipinski definition) is 5. The van der Waals surface area contributed by atoms with Crippen LogP contribution in [0.15, 0.2) is 75.9 Å².